The Labute approximate surface area is 113 Å². The van der Waals surface area contributed by atoms with Gasteiger partial charge in [-0.25, -0.2) is 9.59 Å². The molecule has 7 nitrogen and oxygen atoms in total. The first-order valence-corrected chi connectivity index (χ1v) is 6.71. The van der Waals surface area contributed by atoms with Crippen molar-refractivity contribution in [2.24, 2.45) is 0 Å². The predicted octanol–water partition coefficient (Wildman–Crippen LogP) is -0.394. The summed E-state index contributed by atoms with van der Waals surface area (Å²) in [6, 6.07) is -1.25. The van der Waals surface area contributed by atoms with Gasteiger partial charge in [0.2, 0.25) is 0 Å². The first-order chi connectivity index (χ1) is 9.10. The number of carbonyl (C=O) groups excluding carboxylic acids is 1. The smallest absolute Gasteiger partial charge is 0.326 e. The number of rotatable bonds is 6. The zero-order valence-corrected chi connectivity index (χ0v) is 11.3. The monoisotopic (exact) mass is 273 g/mol. The number of carbonyl (C=O) groups is 2. The molecule has 1 saturated heterocycles. The molecule has 110 valence electrons. The summed E-state index contributed by atoms with van der Waals surface area (Å²) in [4.78, 5) is 24.7. The van der Waals surface area contributed by atoms with Crippen molar-refractivity contribution in [3.05, 3.63) is 0 Å². The van der Waals surface area contributed by atoms with Crippen LogP contribution in [0.5, 0.6) is 0 Å². The molecule has 1 aliphatic rings. The lowest BCUT2D eigenvalue weighted by Crippen LogP contribution is -2.53. The van der Waals surface area contributed by atoms with Crippen molar-refractivity contribution in [1.29, 1.82) is 0 Å². The molecule has 1 rings (SSSR count). The Kier molecular flexibility index (Phi) is 6.58. The Morgan fingerprint density at radius 3 is 2.53 bits per heavy atom. The maximum atomic E-state index is 12.1. The Bertz CT molecular complexity index is 305. The van der Waals surface area contributed by atoms with Gasteiger partial charge in [0.1, 0.15) is 6.04 Å². The Morgan fingerprint density at radius 2 is 2.05 bits per heavy atom. The second-order valence-electron chi connectivity index (χ2n) is 4.62. The minimum Gasteiger partial charge on any atom is -0.480 e. The van der Waals surface area contributed by atoms with Gasteiger partial charge >= 0.3 is 12.0 Å². The molecule has 0 bridgehead atoms. The second-order valence-corrected chi connectivity index (χ2v) is 4.62. The van der Waals surface area contributed by atoms with Crippen LogP contribution in [-0.2, 0) is 4.79 Å². The molecular weight excluding hydrogens is 250 g/mol. The number of carboxylic acid groups (broad SMARTS) is 1. The van der Waals surface area contributed by atoms with Crippen molar-refractivity contribution >= 4 is 12.0 Å². The van der Waals surface area contributed by atoms with Crippen molar-refractivity contribution in [2.45, 2.75) is 38.3 Å². The molecule has 0 saturated carbocycles. The lowest BCUT2D eigenvalue weighted by Gasteiger charge is -2.34. The molecule has 0 aliphatic carbocycles. The van der Waals surface area contributed by atoms with E-state index in [-0.39, 0.29) is 25.1 Å². The highest BCUT2D eigenvalue weighted by Gasteiger charge is 2.27. The summed E-state index contributed by atoms with van der Waals surface area (Å²) < 4.78 is 0. The van der Waals surface area contributed by atoms with Gasteiger partial charge in [0.15, 0.2) is 0 Å². The number of aliphatic hydroxyl groups is 1. The summed E-state index contributed by atoms with van der Waals surface area (Å²) in [7, 11) is 0. The number of hydrogen-bond acceptors (Lipinski definition) is 4. The standard InChI is InChI=1S/C12H23N3O4/c1-2-15(9-3-6-13-7-4-9)12(19)14-10(5-8-16)11(17)18/h9-10,13,16H,2-8H2,1H3,(H,14,19)(H,17,18). The number of piperidine rings is 1. The van der Waals surface area contributed by atoms with E-state index in [2.05, 4.69) is 10.6 Å². The molecule has 0 aromatic heterocycles. The number of aliphatic carboxylic acids is 1. The second kappa shape index (κ2) is 7.96. The van der Waals surface area contributed by atoms with E-state index in [0.717, 1.165) is 25.9 Å². The number of aliphatic hydroxyl groups excluding tert-OH is 1. The lowest BCUT2D eigenvalue weighted by molar-refractivity contribution is -0.139. The number of urea groups is 1. The molecule has 0 aromatic rings. The van der Waals surface area contributed by atoms with E-state index >= 15 is 0 Å². The van der Waals surface area contributed by atoms with Gasteiger partial charge in [-0.15, -0.1) is 0 Å². The molecule has 7 heteroatoms. The van der Waals surface area contributed by atoms with Crippen LogP contribution in [-0.4, -0.2) is 65.4 Å². The first-order valence-electron chi connectivity index (χ1n) is 6.71. The molecule has 1 aliphatic heterocycles. The quantitative estimate of drug-likeness (QED) is 0.528. The third-order valence-corrected chi connectivity index (χ3v) is 3.36. The molecular formula is C12H23N3O4. The van der Waals surface area contributed by atoms with E-state index in [1.807, 2.05) is 6.92 Å². The predicted molar refractivity (Wildman–Crippen MR) is 69.9 cm³/mol. The van der Waals surface area contributed by atoms with E-state index in [1.54, 1.807) is 4.90 Å². The van der Waals surface area contributed by atoms with Crippen molar-refractivity contribution in [3.8, 4) is 0 Å². The van der Waals surface area contributed by atoms with Gasteiger partial charge in [0.25, 0.3) is 0 Å². The summed E-state index contributed by atoms with van der Waals surface area (Å²) in [5.74, 6) is -1.12. The van der Waals surface area contributed by atoms with E-state index < -0.39 is 12.0 Å². The number of carboxylic acids is 1. The molecule has 0 aromatic carbocycles. The molecule has 0 radical (unpaired) electrons. The van der Waals surface area contributed by atoms with Crippen molar-refractivity contribution in [2.75, 3.05) is 26.2 Å². The van der Waals surface area contributed by atoms with Crippen molar-refractivity contribution in [3.63, 3.8) is 0 Å². The molecule has 1 fully saturated rings. The van der Waals surface area contributed by atoms with E-state index in [0.29, 0.717) is 6.54 Å². The number of nitrogens with zero attached hydrogens (tertiary/aromatic N) is 1. The van der Waals surface area contributed by atoms with Crippen LogP contribution in [0.15, 0.2) is 0 Å². The zero-order chi connectivity index (χ0) is 14.3. The highest BCUT2D eigenvalue weighted by molar-refractivity contribution is 5.82. The molecule has 19 heavy (non-hydrogen) atoms. The number of nitrogens with one attached hydrogen (secondary N) is 2. The molecule has 1 heterocycles. The van der Waals surface area contributed by atoms with Crippen LogP contribution >= 0.6 is 0 Å². The largest absolute Gasteiger partial charge is 0.480 e. The molecule has 1 unspecified atom stereocenters. The minimum absolute atomic E-state index is 0.0187. The molecule has 0 spiro atoms. The van der Waals surface area contributed by atoms with E-state index in [1.165, 1.54) is 0 Å². The van der Waals surface area contributed by atoms with Gasteiger partial charge in [0, 0.05) is 25.6 Å². The Balaban J connectivity index is 2.58. The van der Waals surface area contributed by atoms with Crippen molar-refractivity contribution < 1.29 is 19.8 Å². The molecule has 4 N–H and O–H groups in total. The average molecular weight is 273 g/mol. The highest BCUT2D eigenvalue weighted by Crippen LogP contribution is 2.12. The number of amides is 2. The topological polar surface area (TPSA) is 102 Å². The molecule has 2 amide bonds. The van der Waals surface area contributed by atoms with Crippen LogP contribution in [0.2, 0.25) is 0 Å². The average Bonchev–Trinajstić information content (AvgIpc) is 2.40. The maximum absolute atomic E-state index is 12.1. The summed E-state index contributed by atoms with van der Waals surface area (Å²) in [6.45, 7) is 3.89. The third-order valence-electron chi connectivity index (χ3n) is 3.36. The van der Waals surface area contributed by atoms with Crippen molar-refractivity contribution in [1.82, 2.24) is 15.5 Å². The van der Waals surface area contributed by atoms with Crippen LogP contribution in [0.25, 0.3) is 0 Å². The summed E-state index contributed by atoms with van der Waals surface area (Å²) >= 11 is 0. The number of hydrogen-bond donors (Lipinski definition) is 4. The van der Waals surface area contributed by atoms with Crippen LogP contribution < -0.4 is 10.6 Å². The normalized spacial score (nSPS) is 17.8. The van der Waals surface area contributed by atoms with Crippen LogP contribution in [0.3, 0.4) is 0 Å². The minimum atomic E-state index is -1.12. The fourth-order valence-electron chi connectivity index (χ4n) is 2.30. The maximum Gasteiger partial charge on any atom is 0.326 e. The fraction of sp³-hybridized carbons (Fsp3) is 0.833. The zero-order valence-electron chi connectivity index (χ0n) is 11.3. The van der Waals surface area contributed by atoms with Gasteiger partial charge in [-0.3, -0.25) is 0 Å². The van der Waals surface area contributed by atoms with Gasteiger partial charge in [-0.2, -0.15) is 0 Å². The third kappa shape index (κ3) is 4.68. The fourth-order valence-corrected chi connectivity index (χ4v) is 2.30. The van der Waals surface area contributed by atoms with E-state index in [9.17, 15) is 9.59 Å². The lowest BCUT2D eigenvalue weighted by atomic mass is 10.1. The SMILES string of the molecule is CCN(C(=O)NC(CCO)C(=O)O)C1CCNCC1. The van der Waals surface area contributed by atoms with Crippen LogP contribution in [0.1, 0.15) is 26.2 Å². The highest BCUT2D eigenvalue weighted by atomic mass is 16.4. The van der Waals surface area contributed by atoms with Crippen LogP contribution in [0, 0.1) is 0 Å². The summed E-state index contributed by atoms with van der Waals surface area (Å²) in [5.41, 5.74) is 0. The molecule has 1 atom stereocenters. The van der Waals surface area contributed by atoms with Gasteiger partial charge < -0.3 is 25.7 Å². The van der Waals surface area contributed by atoms with Crippen LogP contribution in [0.4, 0.5) is 4.79 Å². The van der Waals surface area contributed by atoms with Gasteiger partial charge in [-0.1, -0.05) is 0 Å². The van der Waals surface area contributed by atoms with Gasteiger partial charge in [0.05, 0.1) is 0 Å². The van der Waals surface area contributed by atoms with Gasteiger partial charge in [-0.05, 0) is 32.9 Å². The van der Waals surface area contributed by atoms with E-state index in [4.69, 9.17) is 10.2 Å². The Morgan fingerprint density at radius 1 is 1.42 bits per heavy atom. The summed E-state index contributed by atoms with van der Waals surface area (Å²) in [5, 5.41) is 23.5. The summed E-state index contributed by atoms with van der Waals surface area (Å²) in [6.07, 6.45) is 1.77. The first kappa shape index (κ1) is 15.7. The Hall–Kier alpha value is -1.34.